The first kappa shape index (κ1) is 29.3. The molecule has 1 aromatic heterocycles. The lowest BCUT2D eigenvalue weighted by atomic mass is 9.86. The van der Waals surface area contributed by atoms with Gasteiger partial charge in [-0.1, -0.05) is 68.8 Å². The highest BCUT2D eigenvalue weighted by molar-refractivity contribution is 7.91. The second kappa shape index (κ2) is 12.1. The molecule has 1 fully saturated rings. The number of aromatic nitrogens is 2. The van der Waals surface area contributed by atoms with Gasteiger partial charge >= 0.3 is 0 Å². The first-order valence-electron chi connectivity index (χ1n) is 12.0. The molecule has 37 heavy (non-hydrogen) atoms. The maximum atomic E-state index is 12.7. The minimum Gasteiger partial charge on any atom is -0.391 e. The third-order valence-corrected chi connectivity index (χ3v) is 8.53. The van der Waals surface area contributed by atoms with Crippen LogP contribution in [0.15, 0.2) is 60.9 Å². The van der Waals surface area contributed by atoms with Crippen molar-refractivity contribution in [1.82, 2.24) is 15.3 Å². The van der Waals surface area contributed by atoms with Crippen molar-refractivity contribution in [2.45, 2.75) is 51.3 Å². The van der Waals surface area contributed by atoms with Gasteiger partial charge in [-0.25, -0.2) is 18.4 Å². The molecule has 200 valence electrons. The van der Waals surface area contributed by atoms with E-state index in [-0.39, 0.29) is 35.2 Å². The molecule has 0 unspecified atom stereocenters. The van der Waals surface area contributed by atoms with Gasteiger partial charge < -0.3 is 15.7 Å². The summed E-state index contributed by atoms with van der Waals surface area (Å²) in [6.07, 6.45) is 1.09. The Morgan fingerprint density at radius 2 is 1.76 bits per heavy atom. The van der Waals surface area contributed by atoms with Crippen molar-refractivity contribution >= 4 is 45.4 Å². The van der Waals surface area contributed by atoms with Crippen molar-refractivity contribution in [3.63, 3.8) is 0 Å². The Morgan fingerprint density at radius 1 is 1.03 bits per heavy atom. The summed E-state index contributed by atoms with van der Waals surface area (Å²) in [4.78, 5) is 7.99. The monoisotopic (exact) mass is 564 g/mol. The molecule has 1 aliphatic rings. The molecule has 0 radical (unpaired) electrons. The van der Waals surface area contributed by atoms with E-state index in [4.69, 9.17) is 11.6 Å². The van der Waals surface area contributed by atoms with Gasteiger partial charge in [-0.3, -0.25) is 0 Å². The zero-order valence-corrected chi connectivity index (χ0v) is 23.6. The Balaban J connectivity index is 0.00000380. The molecule has 3 atom stereocenters. The summed E-state index contributed by atoms with van der Waals surface area (Å²) in [5, 5.41) is 17.9. The van der Waals surface area contributed by atoms with Gasteiger partial charge in [-0.15, -0.1) is 12.4 Å². The molecular weight excluding hydrogens is 531 g/mol. The summed E-state index contributed by atoms with van der Waals surface area (Å²) >= 11 is 5.91. The molecular formula is C27H34Cl2N4O3S. The average molecular weight is 566 g/mol. The van der Waals surface area contributed by atoms with E-state index in [0.717, 1.165) is 16.8 Å². The Labute approximate surface area is 230 Å². The van der Waals surface area contributed by atoms with Crippen LogP contribution in [0.2, 0.25) is 5.15 Å². The summed E-state index contributed by atoms with van der Waals surface area (Å²) < 4.78 is 25.4. The Bertz CT molecular complexity index is 1300. The van der Waals surface area contributed by atoms with Gasteiger partial charge in [-0.05, 0) is 40.7 Å². The van der Waals surface area contributed by atoms with Crippen molar-refractivity contribution in [3.05, 3.63) is 82.8 Å². The summed E-state index contributed by atoms with van der Waals surface area (Å²) in [6.45, 7) is 6.99. The van der Waals surface area contributed by atoms with Gasteiger partial charge in [0.1, 0.15) is 17.3 Å². The third-order valence-electron chi connectivity index (χ3n) is 6.52. The molecule has 4 rings (SSSR count). The van der Waals surface area contributed by atoms with Crippen molar-refractivity contribution in [2.75, 3.05) is 16.8 Å². The van der Waals surface area contributed by atoms with Crippen LogP contribution in [-0.2, 0) is 28.2 Å². The Kier molecular flexibility index (Phi) is 9.58. The standard InChI is InChI=1S/C27H33ClN4O3S.ClH/c1-27(2,3)21-6-4-5-19(12-21)14-29-23-16-36(34,35)15-20(26(23)33)11-18-7-9-22(10-8-18)32-25-13-24(28)30-17-31-25;/h4-10,12-13,17,20,23,26,29,33H,11,14-16H2,1-3H3,(H,30,31,32);1H/t20-,23+,26+;/m1./s1. The lowest BCUT2D eigenvalue weighted by Gasteiger charge is -2.35. The van der Waals surface area contributed by atoms with Crippen LogP contribution in [0.25, 0.3) is 0 Å². The fraction of sp³-hybridized carbons (Fsp3) is 0.407. The Hall–Kier alpha value is -2.23. The number of aliphatic hydroxyl groups excluding tert-OH is 1. The van der Waals surface area contributed by atoms with Crippen LogP contribution in [0.4, 0.5) is 11.5 Å². The van der Waals surface area contributed by atoms with Crippen molar-refractivity contribution < 1.29 is 13.5 Å². The molecule has 2 aromatic carbocycles. The predicted octanol–water partition coefficient (Wildman–Crippen LogP) is 4.70. The predicted molar refractivity (Wildman–Crippen MR) is 152 cm³/mol. The summed E-state index contributed by atoms with van der Waals surface area (Å²) in [6, 6.07) is 17.0. The fourth-order valence-corrected chi connectivity index (χ4v) is 6.64. The summed E-state index contributed by atoms with van der Waals surface area (Å²) in [5.74, 6) is 0.111. The highest BCUT2D eigenvalue weighted by atomic mass is 35.5. The summed E-state index contributed by atoms with van der Waals surface area (Å²) in [7, 11) is -3.28. The van der Waals surface area contributed by atoms with Crippen molar-refractivity contribution in [3.8, 4) is 0 Å². The molecule has 3 N–H and O–H groups in total. The van der Waals surface area contributed by atoms with Gasteiger partial charge in [0.05, 0.1) is 17.6 Å². The molecule has 1 saturated heterocycles. The molecule has 0 saturated carbocycles. The van der Waals surface area contributed by atoms with Gasteiger partial charge in [0.15, 0.2) is 9.84 Å². The number of nitrogens with one attached hydrogen (secondary N) is 2. The van der Waals surface area contributed by atoms with Crippen LogP contribution in [0, 0.1) is 5.92 Å². The van der Waals surface area contributed by atoms with E-state index in [1.54, 1.807) is 6.07 Å². The topological polar surface area (TPSA) is 104 Å². The van der Waals surface area contributed by atoms with Crippen molar-refractivity contribution in [1.29, 1.82) is 0 Å². The summed E-state index contributed by atoms with van der Waals surface area (Å²) in [5.41, 5.74) is 4.10. The van der Waals surface area contributed by atoms with E-state index in [0.29, 0.717) is 23.9 Å². The number of hydrogen-bond donors (Lipinski definition) is 3. The average Bonchev–Trinajstić information content (AvgIpc) is 2.81. The highest BCUT2D eigenvalue weighted by Crippen LogP contribution is 2.26. The van der Waals surface area contributed by atoms with Crippen LogP contribution in [-0.4, -0.2) is 47.1 Å². The largest absolute Gasteiger partial charge is 0.391 e. The number of rotatable bonds is 7. The normalized spacial score (nSPS) is 21.2. The molecule has 0 aliphatic carbocycles. The number of aliphatic hydroxyl groups is 1. The number of nitrogens with zero attached hydrogens (tertiary/aromatic N) is 2. The van der Waals surface area contributed by atoms with Crippen LogP contribution in [0.5, 0.6) is 0 Å². The number of anilines is 2. The number of sulfone groups is 1. The van der Waals surface area contributed by atoms with E-state index in [1.165, 1.54) is 11.9 Å². The highest BCUT2D eigenvalue weighted by Gasteiger charge is 2.39. The maximum Gasteiger partial charge on any atom is 0.152 e. The second-order valence-corrected chi connectivity index (χ2v) is 13.1. The maximum absolute atomic E-state index is 12.7. The van der Waals surface area contributed by atoms with Crippen LogP contribution in [0.1, 0.15) is 37.5 Å². The number of hydrogen-bond acceptors (Lipinski definition) is 7. The first-order valence-corrected chi connectivity index (χ1v) is 14.2. The molecule has 0 amide bonds. The smallest absolute Gasteiger partial charge is 0.152 e. The van der Waals surface area contributed by atoms with Gasteiger partial charge in [-0.2, -0.15) is 0 Å². The number of halogens is 2. The van der Waals surface area contributed by atoms with E-state index in [2.05, 4.69) is 53.5 Å². The SMILES string of the molecule is CC(C)(C)c1cccc(CN[C@H]2CS(=O)(=O)C[C@@H](Cc3ccc(Nc4cc(Cl)ncn4)cc3)[C@@H]2O)c1.Cl. The van der Waals surface area contributed by atoms with Crippen LogP contribution < -0.4 is 10.6 Å². The van der Waals surface area contributed by atoms with Gasteiger partial charge in [0, 0.05) is 30.3 Å². The second-order valence-electron chi connectivity index (χ2n) is 10.5. The first-order chi connectivity index (χ1) is 17.0. The van der Waals surface area contributed by atoms with Crippen LogP contribution in [0.3, 0.4) is 0 Å². The quantitative estimate of drug-likeness (QED) is 0.357. The number of benzene rings is 2. The van der Waals surface area contributed by atoms with E-state index in [9.17, 15) is 13.5 Å². The van der Waals surface area contributed by atoms with E-state index in [1.807, 2.05) is 36.4 Å². The molecule has 1 aliphatic heterocycles. The molecule has 0 spiro atoms. The minimum atomic E-state index is -3.28. The van der Waals surface area contributed by atoms with E-state index < -0.39 is 22.0 Å². The molecule has 0 bridgehead atoms. The van der Waals surface area contributed by atoms with Crippen LogP contribution >= 0.6 is 24.0 Å². The molecule has 2 heterocycles. The molecule has 7 nitrogen and oxygen atoms in total. The zero-order valence-electron chi connectivity index (χ0n) is 21.2. The third kappa shape index (κ3) is 8.12. The van der Waals surface area contributed by atoms with E-state index >= 15 is 0 Å². The van der Waals surface area contributed by atoms with Crippen molar-refractivity contribution in [2.24, 2.45) is 5.92 Å². The lowest BCUT2D eigenvalue weighted by molar-refractivity contribution is 0.0781. The Morgan fingerprint density at radius 3 is 2.43 bits per heavy atom. The zero-order chi connectivity index (χ0) is 25.9. The van der Waals surface area contributed by atoms with Gasteiger partial charge in [0.25, 0.3) is 0 Å². The lowest BCUT2D eigenvalue weighted by Crippen LogP contribution is -2.54. The fourth-order valence-electron chi connectivity index (χ4n) is 4.53. The van der Waals surface area contributed by atoms with Gasteiger partial charge in [0.2, 0.25) is 0 Å². The molecule has 10 heteroatoms. The molecule has 3 aromatic rings. The minimum absolute atomic E-state index is 0.